The molecule has 5 nitrogen and oxygen atoms in total. The number of carbonyl (C=O) groups excluding carboxylic acids is 1. The molecule has 0 atom stereocenters. The summed E-state index contributed by atoms with van der Waals surface area (Å²) in [6.07, 6.45) is 9.25. The lowest BCUT2D eigenvalue weighted by atomic mass is 9.95. The predicted molar refractivity (Wildman–Crippen MR) is 92.3 cm³/mol. The Morgan fingerprint density at radius 2 is 2.13 bits per heavy atom. The molecule has 0 spiro atoms. The number of hydrogen-bond donors (Lipinski definition) is 0. The van der Waals surface area contributed by atoms with Crippen molar-refractivity contribution in [3.05, 3.63) is 36.8 Å². The van der Waals surface area contributed by atoms with Gasteiger partial charge in [-0.15, -0.1) is 0 Å². The number of imidazole rings is 1. The van der Waals surface area contributed by atoms with Crippen molar-refractivity contribution in [3.8, 4) is 11.3 Å². The van der Waals surface area contributed by atoms with E-state index in [1.54, 1.807) is 17.1 Å². The van der Waals surface area contributed by atoms with Gasteiger partial charge in [0.05, 0.1) is 11.4 Å². The number of benzene rings is 1. The van der Waals surface area contributed by atoms with E-state index in [1.807, 2.05) is 36.2 Å². The number of amides is 1. The zero-order valence-corrected chi connectivity index (χ0v) is 13.5. The molecule has 1 aromatic heterocycles. The minimum Gasteiger partial charge on any atom is -0.324 e. The van der Waals surface area contributed by atoms with Crippen LogP contribution >= 0.6 is 0 Å². The zero-order valence-electron chi connectivity index (χ0n) is 13.5. The highest BCUT2D eigenvalue weighted by atomic mass is 16.2. The second kappa shape index (κ2) is 6.77. The average molecular weight is 310 g/mol. The van der Waals surface area contributed by atoms with Crippen LogP contribution in [-0.2, 0) is 0 Å². The highest BCUT2D eigenvalue weighted by Crippen LogP contribution is 2.24. The first-order valence-electron chi connectivity index (χ1n) is 8.07. The van der Waals surface area contributed by atoms with Crippen molar-refractivity contribution >= 4 is 18.4 Å². The molecule has 1 aromatic carbocycles. The van der Waals surface area contributed by atoms with Crippen LogP contribution in [0, 0.1) is 0 Å². The van der Waals surface area contributed by atoms with Gasteiger partial charge in [-0.3, -0.25) is 9.56 Å². The molecule has 0 unspecified atom stereocenters. The van der Waals surface area contributed by atoms with Crippen molar-refractivity contribution in [1.29, 1.82) is 0 Å². The van der Waals surface area contributed by atoms with Gasteiger partial charge in [-0.05, 0) is 31.7 Å². The Morgan fingerprint density at radius 1 is 1.35 bits per heavy atom. The highest BCUT2D eigenvalue weighted by Gasteiger charge is 2.23. The number of nitrogens with zero attached hydrogens (tertiary/aromatic N) is 4. The van der Waals surface area contributed by atoms with Crippen LogP contribution < -0.4 is 0 Å². The van der Waals surface area contributed by atoms with E-state index >= 15 is 0 Å². The van der Waals surface area contributed by atoms with Crippen LogP contribution in [0.4, 0.5) is 10.5 Å². The molecule has 1 amide bonds. The normalized spacial score (nSPS) is 15.3. The average Bonchev–Trinajstić information content (AvgIpc) is 3.11. The first-order valence-corrected chi connectivity index (χ1v) is 8.07. The summed E-state index contributed by atoms with van der Waals surface area (Å²) in [5.74, 6) is 0. The number of carbonyl (C=O) groups is 1. The van der Waals surface area contributed by atoms with Crippen molar-refractivity contribution in [2.45, 2.75) is 38.1 Å². The number of rotatable bonds is 3. The molecule has 0 N–H and O–H groups in total. The SMILES string of the molecule is C=Nc1cccc(-c2cn(C(=O)N(C)C3CCCCC3)cn2)c1. The van der Waals surface area contributed by atoms with E-state index in [2.05, 4.69) is 16.7 Å². The van der Waals surface area contributed by atoms with E-state index in [0.717, 1.165) is 29.8 Å². The topological polar surface area (TPSA) is 50.5 Å². The summed E-state index contributed by atoms with van der Waals surface area (Å²) in [6, 6.07) is 7.99. The van der Waals surface area contributed by atoms with Crippen molar-refractivity contribution in [2.24, 2.45) is 4.99 Å². The summed E-state index contributed by atoms with van der Waals surface area (Å²) >= 11 is 0. The van der Waals surface area contributed by atoms with Crippen molar-refractivity contribution in [2.75, 3.05) is 7.05 Å². The van der Waals surface area contributed by atoms with Crippen molar-refractivity contribution in [1.82, 2.24) is 14.5 Å². The van der Waals surface area contributed by atoms with Crippen LogP contribution in [0.1, 0.15) is 32.1 Å². The smallest absolute Gasteiger partial charge is 0.324 e. The second-order valence-electron chi connectivity index (χ2n) is 6.06. The van der Waals surface area contributed by atoms with E-state index in [4.69, 9.17) is 0 Å². The molecule has 0 radical (unpaired) electrons. The van der Waals surface area contributed by atoms with E-state index in [9.17, 15) is 4.79 Å². The monoisotopic (exact) mass is 310 g/mol. The lowest BCUT2D eigenvalue weighted by Gasteiger charge is -2.31. The summed E-state index contributed by atoms with van der Waals surface area (Å²) in [5, 5.41) is 0. The zero-order chi connectivity index (χ0) is 16.2. The first-order chi connectivity index (χ1) is 11.2. The maximum Gasteiger partial charge on any atom is 0.329 e. The quantitative estimate of drug-likeness (QED) is 0.801. The van der Waals surface area contributed by atoms with Crippen LogP contribution in [0.15, 0.2) is 41.8 Å². The molecule has 1 aliphatic carbocycles. The van der Waals surface area contributed by atoms with E-state index < -0.39 is 0 Å². The van der Waals surface area contributed by atoms with Gasteiger partial charge < -0.3 is 4.90 Å². The van der Waals surface area contributed by atoms with Crippen molar-refractivity contribution in [3.63, 3.8) is 0 Å². The predicted octanol–water partition coefficient (Wildman–Crippen LogP) is 4.11. The van der Waals surface area contributed by atoms with Crippen molar-refractivity contribution < 1.29 is 4.79 Å². The Balaban J connectivity index is 1.77. The molecule has 23 heavy (non-hydrogen) atoms. The third kappa shape index (κ3) is 3.33. The molecule has 0 aliphatic heterocycles. The molecule has 2 aromatic rings. The molecule has 1 fully saturated rings. The maximum absolute atomic E-state index is 12.6. The number of aromatic nitrogens is 2. The molecule has 1 heterocycles. The minimum absolute atomic E-state index is 0.0198. The molecular formula is C18H22N4O. The highest BCUT2D eigenvalue weighted by molar-refractivity contribution is 5.78. The van der Waals surface area contributed by atoms with Gasteiger partial charge in [-0.1, -0.05) is 31.4 Å². The Morgan fingerprint density at radius 3 is 2.87 bits per heavy atom. The van der Waals surface area contributed by atoms with Crippen LogP contribution in [-0.4, -0.2) is 40.3 Å². The molecule has 5 heteroatoms. The lowest BCUT2D eigenvalue weighted by Crippen LogP contribution is -2.40. The van der Waals surface area contributed by atoms with Gasteiger partial charge in [-0.2, -0.15) is 0 Å². The van der Waals surface area contributed by atoms with Crippen LogP contribution in [0.5, 0.6) is 0 Å². The lowest BCUT2D eigenvalue weighted by molar-refractivity contribution is 0.175. The van der Waals surface area contributed by atoms with Crippen LogP contribution in [0.25, 0.3) is 11.3 Å². The van der Waals surface area contributed by atoms with Crippen LogP contribution in [0.2, 0.25) is 0 Å². The van der Waals surface area contributed by atoms with Gasteiger partial charge in [0.25, 0.3) is 0 Å². The summed E-state index contributed by atoms with van der Waals surface area (Å²) in [4.78, 5) is 22.8. The summed E-state index contributed by atoms with van der Waals surface area (Å²) < 4.78 is 1.57. The van der Waals surface area contributed by atoms with E-state index in [0.29, 0.717) is 6.04 Å². The molecule has 120 valence electrons. The fourth-order valence-corrected chi connectivity index (χ4v) is 3.15. The Kier molecular flexibility index (Phi) is 4.55. The molecule has 0 saturated heterocycles. The van der Waals surface area contributed by atoms with Crippen LogP contribution in [0.3, 0.4) is 0 Å². The number of hydrogen-bond acceptors (Lipinski definition) is 3. The van der Waals surface area contributed by atoms with E-state index in [1.165, 1.54) is 19.3 Å². The maximum atomic E-state index is 12.6. The minimum atomic E-state index is -0.0198. The largest absolute Gasteiger partial charge is 0.329 e. The Bertz CT molecular complexity index is 701. The molecule has 1 saturated carbocycles. The third-order valence-corrected chi connectivity index (χ3v) is 4.55. The fourth-order valence-electron chi connectivity index (χ4n) is 3.15. The molecule has 0 bridgehead atoms. The van der Waals surface area contributed by atoms with Gasteiger partial charge in [-0.25, -0.2) is 9.78 Å². The number of aliphatic imine (C=N–C) groups is 1. The third-order valence-electron chi connectivity index (χ3n) is 4.55. The van der Waals surface area contributed by atoms with Gasteiger partial charge in [0, 0.05) is 24.8 Å². The van der Waals surface area contributed by atoms with Gasteiger partial charge in [0.2, 0.25) is 0 Å². The summed E-state index contributed by atoms with van der Waals surface area (Å²) in [6.45, 7) is 3.54. The van der Waals surface area contributed by atoms with Gasteiger partial charge in [0.1, 0.15) is 6.33 Å². The molecule has 3 rings (SSSR count). The van der Waals surface area contributed by atoms with E-state index in [-0.39, 0.29) is 6.03 Å². The van der Waals surface area contributed by atoms with Gasteiger partial charge >= 0.3 is 6.03 Å². The fraction of sp³-hybridized carbons (Fsp3) is 0.389. The first kappa shape index (κ1) is 15.5. The molecular weight excluding hydrogens is 288 g/mol. The summed E-state index contributed by atoms with van der Waals surface area (Å²) in [7, 11) is 1.89. The Hall–Kier alpha value is -2.43. The Labute approximate surface area is 136 Å². The van der Waals surface area contributed by atoms with Gasteiger partial charge in [0.15, 0.2) is 0 Å². The summed E-state index contributed by atoms with van der Waals surface area (Å²) in [5.41, 5.74) is 2.49. The standard InChI is InChI=1S/C18H22N4O/c1-19-15-8-6-7-14(11-15)17-12-22(13-20-17)18(23)21(2)16-9-4-3-5-10-16/h6-8,11-13,16H,1,3-5,9-10H2,2H3. The molecule has 1 aliphatic rings. The second-order valence-corrected chi connectivity index (χ2v) is 6.06.